The third kappa shape index (κ3) is 3.34. The van der Waals surface area contributed by atoms with Crippen LogP contribution in [0.3, 0.4) is 0 Å². The number of rotatable bonds is 5. The highest BCUT2D eigenvalue weighted by Crippen LogP contribution is 2.16. The Labute approximate surface area is 98.3 Å². The molecule has 0 aliphatic heterocycles. The van der Waals surface area contributed by atoms with Crippen LogP contribution in [-0.2, 0) is 11.3 Å². The summed E-state index contributed by atoms with van der Waals surface area (Å²) in [6, 6.07) is 3.28. The van der Waals surface area contributed by atoms with Crippen molar-refractivity contribution in [2.45, 2.75) is 26.8 Å². The summed E-state index contributed by atoms with van der Waals surface area (Å²) in [5, 5.41) is 11.5. The standard InChI is InChI=1S/C11H15NO3S/c1-3-7(2)10(13)12-6-8-4-5-9(16-8)11(14)15/h4-5,7H,3,6H2,1-2H3,(H,12,13)(H,14,15). The van der Waals surface area contributed by atoms with Gasteiger partial charge >= 0.3 is 5.97 Å². The molecule has 0 fully saturated rings. The van der Waals surface area contributed by atoms with Crippen LogP contribution >= 0.6 is 11.3 Å². The average molecular weight is 241 g/mol. The molecule has 1 aromatic heterocycles. The summed E-state index contributed by atoms with van der Waals surface area (Å²) in [6.07, 6.45) is 0.802. The lowest BCUT2D eigenvalue weighted by Gasteiger charge is -2.08. The van der Waals surface area contributed by atoms with Gasteiger partial charge in [-0.15, -0.1) is 11.3 Å². The van der Waals surface area contributed by atoms with Gasteiger partial charge < -0.3 is 10.4 Å². The topological polar surface area (TPSA) is 66.4 Å². The third-order valence-electron chi connectivity index (χ3n) is 2.37. The Balaban J connectivity index is 2.48. The van der Waals surface area contributed by atoms with Crippen molar-refractivity contribution in [1.29, 1.82) is 0 Å². The minimum Gasteiger partial charge on any atom is -0.477 e. The summed E-state index contributed by atoms with van der Waals surface area (Å²) in [5.74, 6) is -0.920. The van der Waals surface area contributed by atoms with Crippen molar-refractivity contribution in [3.63, 3.8) is 0 Å². The molecule has 1 atom stereocenters. The Bertz CT molecular complexity index is 386. The van der Waals surface area contributed by atoms with E-state index in [-0.39, 0.29) is 11.8 Å². The van der Waals surface area contributed by atoms with E-state index in [4.69, 9.17) is 5.11 Å². The predicted octanol–water partition coefficient (Wildman–Crippen LogP) is 2.11. The highest BCUT2D eigenvalue weighted by molar-refractivity contribution is 7.13. The molecule has 5 heteroatoms. The molecule has 1 amide bonds. The van der Waals surface area contributed by atoms with Gasteiger partial charge in [0.1, 0.15) is 4.88 Å². The Hall–Kier alpha value is -1.36. The maximum absolute atomic E-state index is 11.5. The maximum atomic E-state index is 11.5. The quantitative estimate of drug-likeness (QED) is 0.829. The molecule has 0 saturated carbocycles. The largest absolute Gasteiger partial charge is 0.477 e. The minimum absolute atomic E-state index is 0.00101. The summed E-state index contributed by atoms with van der Waals surface area (Å²) in [7, 11) is 0. The highest BCUT2D eigenvalue weighted by Gasteiger charge is 2.11. The van der Waals surface area contributed by atoms with Crippen molar-refractivity contribution in [3.8, 4) is 0 Å². The van der Waals surface area contributed by atoms with Crippen molar-refractivity contribution in [1.82, 2.24) is 5.32 Å². The molecule has 4 nitrogen and oxygen atoms in total. The zero-order valence-corrected chi connectivity index (χ0v) is 10.1. The molecule has 0 spiro atoms. The fourth-order valence-corrected chi connectivity index (χ4v) is 1.91. The molecule has 16 heavy (non-hydrogen) atoms. The molecule has 1 unspecified atom stereocenters. The molecule has 0 aliphatic rings. The second-order valence-electron chi connectivity index (χ2n) is 3.60. The number of carbonyl (C=O) groups is 2. The fraction of sp³-hybridized carbons (Fsp3) is 0.455. The Kier molecular flexibility index (Phi) is 4.49. The number of carboxylic acids is 1. The summed E-state index contributed by atoms with van der Waals surface area (Å²) in [4.78, 5) is 23.2. The zero-order valence-electron chi connectivity index (χ0n) is 9.32. The number of thiophene rings is 1. The van der Waals surface area contributed by atoms with Gasteiger partial charge in [-0.3, -0.25) is 4.79 Å². The third-order valence-corrected chi connectivity index (χ3v) is 3.44. The number of carbonyl (C=O) groups excluding carboxylic acids is 1. The van der Waals surface area contributed by atoms with Crippen LogP contribution in [0, 0.1) is 5.92 Å². The molecule has 0 bridgehead atoms. The lowest BCUT2D eigenvalue weighted by Crippen LogP contribution is -2.27. The van der Waals surface area contributed by atoms with E-state index in [0.717, 1.165) is 11.3 Å². The Morgan fingerprint density at radius 3 is 2.69 bits per heavy atom. The van der Waals surface area contributed by atoms with Crippen molar-refractivity contribution in [2.75, 3.05) is 0 Å². The van der Waals surface area contributed by atoms with Gasteiger partial charge in [-0.25, -0.2) is 4.79 Å². The molecule has 0 saturated heterocycles. The molecule has 0 aliphatic carbocycles. The van der Waals surface area contributed by atoms with Gasteiger partial charge in [-0.1, -0.05) is 13.8 Å². The van der Waals surface area contributed by atoms with Gasteiger partial charge in [0.05, 0.1) is 6.54 Å². The van der Waals surface area contributed by atoms with Crippen molar-refractivity contribution in [2.24, 2.45) is 5.92 Å². The Morgan fingerprint density at radius 2 is 2.19 bits per heavy atom. The lowest BCUT2D eigenvalue weighted by molar-refractivity contribution is -0.124. The summed E-state index contributed by atoms with van der Waals surface area (Å²) in [5.41, 5.74) is 0. The molecular formula is C11H15NO3S. The van der Waals surface area contributed by atoms with Crippen LogP contribution in [0.5, 0.6) is 0 Å². The maximum Gasteiger partial charge on any atom is 0.345 e. The second kappa shape index (κ2) is 5.65. The minimum atomic E-state index is -0.926. The van der Waals surface area contributed by atoms with E-state index in [1.807, 2.05) is 13.8 Å². The molecular weight excluding hydrogens is 226 g/mol. The van der Waals surface area contributed by atoms with Crippen LogP contribution in [0.1, 0.15) is 34.8 Å². The van der Waals surface area contributed by atoms with Crippen LogP contribution in [0.4, 0.5) is 0 Å². The summed E-state index contributed by atoms with van der Waals surface area (Å²) >= 11 is 1.19. The van der Waals surface area contributed by atoms with Gasteiger partial charge in [0, 0.05) is 10.8 Å². The van der Waals surface area contributed by atoms with E-state index in [9.17, 15) is 9.59 Å². The van der Waals surface area contributed by atoms with Crippen molar-refractivity contribution >= 4 is 23.2 Å². The monoisotopic (exact) mass is 241 g/mol. The lowest BCUT2D eigenvalue weighted by atomic mass is 10.1. The number of carboxylic acid groups (broad SMARTS) is 1. The van der Waals surface area contributed by atoms with Crippen molar-refractivity contribution < 1.29 is 14.7 Å². The van der Waals surface area contributed by atoms with Crippen LogP contribution in [0.15, 0.2) is 12.1 Å². The first-order valence-electron chi connectivity index (χ1n) is 5.14. The van der Waals surface area contributed by atoms with Crippen molar-refractivity contribution in [3.05, 3.63) is 21.9 Å². The molecule has 0 aromatic carbocycles. The van der Waals surface area contributed by atoms with Crippen LogP contribution in [-0.4, -0.2) is 17.0 Å². The molecule has 1 rings (SSSR count). The number of nitrogens with one attached hydrogen (secondary N) is 1. The molecule has 2 N–H and O–H groups in total. The molecule has 1 heterocycles. The highest BCUT2D eigenvalue weighted by atomic mass is 32.1. The molecule has 0 radical (unpaired) electrons. The first-order valence-corrected chi connectivity index (χ1v) is 5.96. The van der Waals surface area contributed by atoms with Gasteiger partial charge in [-0.05, 0) is 18.6 Å². The molecule has 88 valence electrons. The predicted molar refractivity (Wildman–Crippen MR) is 62.6 cm³/mol. The van der Waals surface area contributed by atoms with Gasteiger partial charge in [0.15, 0.2) is 0 Å². The molecule has 1 aromatic rings. The zero-order chi connectivity index (χ0) is 12.1. The fourth-order valence-electron chi connectivity index (χ4n) is 1.12. The Morgan fingerprint density at radius 1 is 1.50 bits per heavy atom. The smallest absolute Gasteiger partial charge is 0.345 e. The first-order chi connectivity index (χ1) is 7.54. The first kappa shape index (κ1) is 12.7. The SMILES string of the molecule is CCC(C)C(=O)NCc1ccc(C(=O)O)s1. The second-order valence-corrected chi connectivity index (χ2v) is 4.77. The number of amides is 1. The summed E-state index contributed by atoms with van der Waals surface area (Å²) in [6.45, 7) is 4.23. The van der Waals surface area contributed by atoms with Crippen LogP contribution < -0.4 is 5.32 Å². The van der Waals surface area contributed by atoms with E-state index in [1.165, 1.54) is 11.3 Å². The average Bonchev–Trinajstić information content (AvgIpc) is 2.73. The van der Waals surface area contributed by atoms with E-state index in [2.05, 4.69) is 5.32 Å². The normalized spacial score (nSPS) is 12.1. The van der Waals surface area contributed by atoms with E-state index in [1.54, 1.807) is 12.1 Å². The van der Waals surface area contributed by atoms with Gasteiger partial charge in [0.2, 0.25) is 5.91 Å². The van der Waals surface area contributed by atoms with E-state index in [0.29, 0.717) is 11.4 Å². The number of hydrogen-bond donors (Lipinski definition) is 2. The van der Waals surface area contributed by atoms with Crippen LogP contribution in [0.25, 0.3) is 0 Å². The van der Waals surface area contributed by atoms with E-state index < -0.39 is 5.97 Å². The van der Waals surface area contributed by atoms with Crippen LogP contribution in [0.2, 0.25) is 0 Å². The number of aromatic carboxylic acids is 1. The van der Waals surface area contributed by atoms with E-state index >= 15 is 0 Å². The number of hydrogen-bond acceptors (Lipinski definition) is 3. The van der Waals surface area contributed by atoms with Gasteiger partial charge in [-0.2, -0.15) is 0 Å². The summed E-state index contributed by atoms with van der Waals surface area (Å²) < 4.78 is 0. The van der Waals surface area contributed by atoms with Gasteiger partial charge in [0.25, 0.3) is 0 Å².